The summed E-state index contributed by atoms with van der Waals surface area (Å²) >= 11 is 0. The largest absolute Gasteiger partial charge is 0.428 e. The van der Waals surface area contributed by atoms with Crippen LogP contribution in [-0.2, 0) is 6.42 Å². The summed E-state index contributed by atoms with van der Waals surface area (Å²) in [7, 11) is 0. The standard InChI is InChI=1S/C7H10N2O/c1-6(2)3-4-7-9-8-5-10-7/h3,5H,4H2,1-2H3. The summed E-state index contributed by atoms with van der Waals surface area (Å²) < 4.78 is 4.92. The van der Waals surface area contributed by atoms with E-state index >= 15 is 0 Å². The molecule has 0 aromatic carbocycles. The average molecular weight is 138 g/mol. The Labute approximate surface area is 59.8 Å². The van der Waals surface area contributed by atoms with Crippen LogP contribution in [0.25, 0.3) is 0 Å². The summed E-state index contributed by atoms with van der Waals surface area (Å²) in [6.45, 7) is 4.08. The highest BCUT2D eigenvalue weighted by atomic mass is 16.4. The van der Waals surface area contributed by atoms with Crippen molar-refractivity contribution in [1.82, 2.24) is 10.2 Å². The predicted molar refractivity (Wildman–Crippen MR) is 37.4 cm³/mol. The number of allylic oxidation sites excluding steroid dienone is 2. The first kappa shape index (κ1) is 6.99. The van der Waals surface area contributed by atoms with Gasteiger partial charge in [-0.1, -0.05) is 11.6 Å². The fraction of sp³-hybridized carbons (Fsp3) is 0.429. The van der Waals surface area contributed by atoms with E-state index in [-0.39, 0.29) is 0 Å². The lowest BCUT2D eigenvalue weighted by molar-refractivity contribution is 0.506. The molecule has 0 saturated heterocycles. The Morgan fingerprint density at radius 2 is 2.50 bits per heavy atom. The minimum absolute atomic E-state index is 0.668. The maximum atomic E-state index is 4.92. The summed E-state index contributed by atoms with van der Waals surface area (Å²) in [6, 6.07) is 0. The third-order valence-electron chi connectivity index (χ3n) is 1.09. The number of aromatic nitrogens is 2. The molecule has 10 heavy (non-hydrogen) atoms. The first-order chi connectivity index (χ1) is 4.79. The molecule has 0 amide bonds. The van der Waals surface area contributed by atoms with Crippen molar-refractivity contribution in [2.24, 2.45) is 0 Å². The van der Waals surface area contributed by atoms with Crippen LogP contribution in [-0.4, -0.2) is 10.2 Å². The molecule has 0 atom stereocenters. The van der Waals surface area contributed by atoms with Gasteiger partial charge in [0.05, 0.1) is 0 Å². The molecular weight excluding hydrogens is 128 g/mol. The third-order valence-corrected chi connectivity index (χ3v) is 1.09. The molecule has 1 aromatic rings. The monoisotopic (exact) mass is 138 g/mol. The zero-order valence-corrected chi connectivity index (χ0v) is 6.16. The SMILES string of the molecule is CC(C)=CCc1nnco1. The van der Waals surface area contributed by atoms with Gasteiger partial charge in [0.2, 0.25) is 12.3 Å². The van der Waals surface area contributed by atoms with Crippen LogP contribution < -0.4 is 0 Å². The molecule has 0 aliphatic rings. The molecule has 0 radical (unpaired) electrons. The average Bonchev–Trinajstić information content (AvgIpc) is 2.34. The highest BCUT2D eigenvalue weighted by molar-refractivity contribution is 4.98. The molecule has 0 saturated carbocycles. The maximum absolute atomic E-state index is 4.92. The normalized spacial score (nSPS) is 9.40. The second-order valence-corrected chi connectivity index (χ2v) is 2.32. The highest BCUT2D eigenvalue weighted by Crippen LogP contribution is 1.97. The van der Waals surface area contributed by atoms with Crippen LogP contribution in [0.5, 0.6) is 0 Å². The number of hydrogen-bond donors (Lipinski definition) is 0. The van der Waals surface area contributed by atoms with Gasteiger partial charge < -0.3 is 4.42 Å². The van der Waals surface area contributed by atoms with Crippen LogP contribution in [0.3, 0.4) is 0 Å². The van der Waals surface area contributed by atoms with Crippen molar-refractivity contribution in [1.29, 1.82) is 0 Å². The molecule has 1 aromatic heterocycles. The van der Waals surface area contributed by atoms with E-state index in [1.54, 1.807) is 0 Å². The molecule has 3 heteroatoms. The molecule has 1 heterocycles. The smallest absolute Gasteiger partial charge is 0.220 e. The Morgan fingerprint density at radius 1 is 1.70 bits per heavy atom. The maximum Gasteiger partial charge on any atom is 0.220 e. The van der Waals surface area contributed by atoms with E-state index < -0.39 is 0 Å². The van der Waals surface area contributed by atoms with Crippen molar-refractivity contribution in [3.05, 3.63) is 23.9 Å². The molecule has 0 N–H and O–H groups in total. The van der Waals surface area contributed by atoms with Gasteiger partial charge >= 0.3 is 0 Å². The van der Waals surface area contributed by atoms with Crippen molar-refractivity contribution >= 4 is 0 Å². The predicted octanol–water partition coefficient (Wildman–Crippen LogP) is 1.58. The Balaban J connectivity index is 2.49. The summed E-state index contributed by atoms with van der Waals surface area (Å²) in [6.07, 6.45) is 4.13. The van der Waals surface area contributed by atoms with Gasteiger partial charge in [-0.3, -0.25) is 0 Å². The van der Waals surface area contributed by atoms with Gasteiger partial charge in [0.15, 0.2) is 0 Å². The first-order valence-electron chi connectivity index (χ1n) is 3.17. The van der Waals surface area contributed by atoms with Gasteiger partial charge in [-0.15, -0.1) is 10.2 Å². The van der Waals surface area contributed by atoms with Crippen LogP contribution >= 0.6 is 0 Å². The van der Waals surface area contributed by atoms with Crippen molar-refractivity contribution in [2.45, 2.75) is 20.3 Å². The van der Waals surface area contributed by atoms with Crippen LogP contribution in [0.1, 0.15) is 19.7 Å². The molecule has 0 spiro atoms. The summed E-state index contributed by atoms with van der Waals surface area (Å²) in [5, 5.41) is 7.28. The number of hydrogen-bond acceptors (Lipinski definition) is 3. The zero-order chi connectivity index (χ0) is 7.40. The van der Waals surface area contributed by atoms with Gasteiger partial charge in [0.25, 0.3) is 0 Å². The van der Waals surface area contributed by atoms with Gasteiger partial charge in [-0.2, -0.15) is 0 Å². The molecule has 0 fully saturated rings. The molecule has 3 nitrogen and oxygen atoms in total. The van der Waals surface area contributed by atoms with Crippen LogP contribution in [0.4, 0.5) is 0 Å². The Kier molecular flexibility index (Phi) is 2.20. The highest BCUT2D eigenvalue weighted by Gasteiger charge is 1.92. The first-order valence-corrected chi connectivity index (χ1v) is 3.17. The van der Waals surface area contributed by atoms with E-state index in [9.17, 15) is 0 Å². The van der Waals surface area contributed by atoms with Gasteiger partial charge in [-0.05, 0) is 13.8 Å². The molecule has 0 aliphatic carbocycles. The minimum Gasteiger partial charge on any atom is -0.428 e. The van der Waals surface area contributed by atoms with E-state index in [4.69, 9.17) is 4.42 Å². The van der Waals surface area contributed by atoms with Crippen molar-refractivity contribution < 1.29 is 4.42 Å². The topological polar surface area (TPSA) is 38.9 Å². The lowest BCUT2D eigenvalue weighted by atomic mass is 10.3. The second-order valence-electron chi connectivity index (χ2n) is 2.32. The summed E-state index contributed by atoms with van der Waals surface area (Å²) in [4.78, 5) is 0. The van der Waals surface area contributed by atoms with Crippen molar-refractivity contribution in [3.63, 3.8) is 0 Å². The second kappa shape index (κ2) is 3.15. The lowest BCUT2D eigenvalue weighted by Crippen LogP contribution is -1.80. The fourth-order valence-corrected chi connectivity index (χ4v) is 0.576. The molecular formula is C7H10N2O. The molecule has 54 valence electrons. The van der Waals surface area contributed by atoms with Gasteiger partial charge in [0, 0.05) is 6.42 Å². The Hall–Kier alpha value is -1.12. The summed E-state index contributed by atoms with van der Waals surface area (Å²) in [5.74, 6) is 0.668. The van der Waals surface area contributed by atoms with Crippen LogP contribution in [0, 0.1) is 0 Å². The van der Waals surface area contributed by atoms with Crippen molar-refractivity contribution in [3.8, 4) is 0 Å². The van der Waals surface area contributed by atoms with E-state index in [2.05, 4.69) is 10.2 Å². The Morgan fingerprint density at radius 3 is 3.00 bits per heavy atom. The van der Waals surface area contributed by atoms with E-state index in [0.29, 0.717) is 5.89 Å². The van der Waals surface area contributed by atoms with Gasteiger partial charge in [-0.25, -0.2) is 0 Å². The number of rotatable bonds is 2. The van der Waals surface area contributed by atoms with Crippen LogP contribution in [0.2, 0.25) is 0 Å². The molecule has 0 bridgehead atoms. The lowest BCUT2D eigenvalue weighted by Gasteiger charge is -1.86. The molecule has 0 aliphatic heterocycles. The van der Waals surface area contributed by atoms with E-state index in [1.165, 1.54) is 12.0 Å². The van der Waals surface area contributed by atoms with Gasteiger partial charge in [0.1, 0.15) is 0 Å². The summed E-state index contributed by atoms with van der Waals surface area (Å²) in [5.41, 5.74) is 1.26. The minimum atomic E-state index is 0.668. The quantitative estimate of drug-likeness (QED) is 0.582. The number of nitrogens with zero attached hydrogens (tertiary/aromatic N) is 2. The van der Waals surface area contributed by atoms with Crippen molar-refractivity contribution in [2.75, 3.05) is 0 Å². The fourth-order valence-electron chi connectivity index (χ4n) is 0.576. The molecule has 1 rings (SSSR count). The third kappa shape index (κ3) is 2.01. The van der Waals surface area contributed by atoms with E-state index in [0.717, 1.165) is 6.42 Å². The zero-order valence-electron chi connectivity index (χ0n) is 6.16. The van der Waals surface area contributed by atoms with Crippen LogP contribution in [0.15, 0.2) is 22.5 Å². The molecule has 0 unspecified atom stereocenters. The van der Waals surface area contributed by atoms with E-state index in [1.807, 2.05) is 19.9 Å². The Bertz CT molecular complexity index is 210.